The molecule has 2 fully saturated rings. The third kappa shape index (κ3) is 4.79. The average molecular weight is 514 g/mol. The molecule has 0 radical (unpaired) electrons. The molecule has 0 atom stereocenters. The molecule has 0 bridgehead atoms. The van der Waals surface area contributed by atoms with E-state index in [1.807, 2.05) is 48.5 Å². The van der Waals surface area contributed by atoms with Crippen molar-refractivity contribution in [2.75, 3.05) is 46.1 Å². The van der Waals surface area contributed by atoms with E-state index in [2.05, 4.69) is 31.5 Å². The Labute approximate surface area is 223 Å². The lowest BCUT2D eigenvalue weighted by Gasteiger charge is -2.41. The number of fused-ring (bicyclic) bond motifs is 1. The first-order valence-corrected chi connectivity index (χ1v) is 13.4. The molecular formula is C29H35N7O2. The van der Waals surface area contributed by atoms with Crippen molar-refractivity contribution in [3.05, 3.63) is 54.9 Å². The van der Waals surface area contributed by atoms with E-state index in [1.165, 1.54) is 19.2 Å². The van der Waals surface area contributed by atoms with E-state index >= 15 is 0 Å². The fraction of sp³-hybridized carbons (Fsp3) is 0.414. The summed E-state index contributed by atoms with van der Waals surface area (Å²) in [6, 6.07) is 16.5. The number of ether oxygens (including phenoxy) is 2. The minimum atomic E-state index is 0.284. The van der Waals surface area contributed by atoms with Gasteiger partial charge in [0, 0.05) is 37.8 Å². The van der Waals surface area contributed by atoms with E-state index in [9.17, 15) is 0 Å². The molecule has 38 heavy (non-hydrogen) atoms. The van der Waals surface area contributed by atoms with Crippen molar-refractivity contribution in [3.8, 4) is 28.5 Å². The number of rotatable bonds is 6. The van der Waals surface area contributed by atoms with Crippen LogP contribution in [0.25, 0.3) is 22.3 Å². The molecule has 1 saturated heterocycles. The largest absolute Gasteiger partial charge is 0.493 e. The van der Waals surface area contributed by atoms with Crippen LogP contribution in [0.2, 0.25) is 0 Å². The Morgan fingerprint density at radius 1 is 0.868 bits per heavy atom. The molecule has 2 aliphatic rings. The highest BCUT2D eigenvalue weighted by molar-refractivity contribution is 5.98. The number of aromatic nitrogens is 4. The quantitative estimate of drug-likeness (QED) is 0.400. The van der Waals surface area contributed by atoms with E-state index in [4.69, 9.17) is 20.3 Å². The molecule has 1 saturated carbocycles. The van der Waals surface area contributed by atoms with Crippen LogP contribution in [0.15, 0.2) is 54.9 Å². The number of nitrogens with zero attached hydrogens (tertiary/aromatic N) is 6. The lowest BCUT2D eigenvalue weighted by molar-refractivity contribution is 0.0815. The second-order valence-corrected chi connectivity index (χ2v) is 10.3. The topological polar surface area (TPSA) is 94.6 Å². The Hall–Kier alpha value is -3.69. The molecule has 6 rings (SSSR count). The number of nitrogens with two attached hydrogens (primary N) is 1. The molecule has 2 aromatic heterocycles. The Kier molecular flexibility index (Phi) is 6.86. The molecular weight excluding hydrogens is 478 g/mol. The number of piperazine rings is 1. The highest BCUT2D eigenvalue weighted by atomic mass is 16.5. The summed E-state index contributed by atoms with van der Waals surface area (Å²) in [6.45, 7) is 4.64. The van der Waals surface area contributed by atoms with Gasteiger partial charge in [0.2, 0.25) is 0 Å². The van der Waals surface area contributed by atoms with E-state index in [0.29, 0.717) is 23.4 Å². The van der Waals surface area contributed by atoms with E-state index in [-0.39, 0.29) is 6.04 Å². The molecule has 0 amide bonds. The number of hydrogen-bond donors (Lipinski definition) is 1. The Morgan fingerprint density at radius 2 is 1.61 bits per heavy atom. The lowest BCUT2D eigenvalue weighted by Crippen LogP contribution is -2.49. The molecule has 0 unspecified atom stereocenters. The first kappa shape index (κ1) is 24.6. The Balaban J connectivity index is 1.28. The molecule has 9 heteroatoms. The first-order valence-electron chi connectivity index (χ1n) is 13.4. The van der Waals surface area contributed by atoms with Crippen molar-refractivity contribution in [2.45, 2.75) is 37.8 Å². The van der Waals surface area contributed by atoms with Gasteiger partial charge in [-0.05, 0) is 63.1 Å². The summed E-state index contributed by atoms with van der Waals surface area (Å²) < 4.78 is 13.8. The molecule has 3 heterocycles. The van der Waals surface area contributed by atoms with Gasteiger partial charge in [-0.15, -0.1) is 0 Å². The molecule has 1 aliphatic carbocycles. The monoisotopic (exact) mass is 513 g/mol. The minimum absolute atomic E-state index is 0.284. The molecule has 4 aromatic rings. The number of likely N-dealkylation sites (N-methyl/N-ethyl adjacent to an activating group) is 1. The number of hydrogen-bond acceptors (Lipinski definition) is 8. The summed E-state index contributed by atoms with van der Waals surface area (Å²) in [4.78, 5) is 14.0. The number of para-hydroxylation sites is 1. The maximum atomic E-state index is 6.40. The fourth-order valence-electron chi connectivity index (χ4n) is 5.82. The van der Waals surface area contributed by atoms with Crippen LogP contribution >= 0.6 is 0 Å². The standard InChI is InChI=1S/C29H35N7O2/c1-34-14-16-35(17-15-34)21-9-11-22(12-10-21)36-29-26(28(30)31-19-32-29)27(33-36)20-8-13-24(25(18-20)37-2)38-23-6-4-3-5-7-23/h3-8,13,18-19,21-22H,9-12,14-17H2,1-2H3,(H2,30,31,32). The Morgan fingerprint density at radius 3 is 2.34 bits per heavy atom. The first-order chi connectivity index (χ1) is 18.6. The van der Waals surface area contributed by atoms with Crippen LogP contribution in [0.4, 0.5) is 5.82 Å². The van der Waals surface area contributed by atoms with Gasteiger partial charge in [0.15, 0.2) is 17.1 Å². The number of nitrogen functional groups attached to an aromatic ring is 1. The van der Waals surface area contributed by atoms with Gasteiger partial charge in [-0.2, -0.15) is 5.10 Å². The summed E-state index contributed by atoms with van der Waals surface area (Å²) >= 11 is 0. The van der Waals surface area contributed by atoms with Crippen molar-refractivity contribution < 1.29 is 9.47 Å². The molecule has 2 N–H and O–H groups in total. The van der Waals surface area contributed by atoms with Gasteiger partial charge in [-0.1, -0.05) is 18.2 Å². The summed E-state index contributed by atoms with van der Waals surface area (Å²) in [5.74, 6) is 2.44. The van der Waals surface area contributed by atoms with E-state index in [1.54, 1.807) is 7.11 Å². The molecule has 9 nitrogen and oxygen atoms in total. The van der Waals surface area contributed by atoms with Gasteiger partial charge in [-0.25, -0.2) is 14.6 Å². The highest BCUT2D eigenvalue weighted by Crippen LogP contribution is 2.40. The highest BCUT2D eigenvalue weighted by Gasteiger charge is 2.30. The fourth-order valence-corrected chi connectivity index (χ4v) is 5.82. The zero-order valence-electron chi connectivity index (χ0n) is 22.1. The normalized spacial score (nSPS) is 21.0. The zero-order chi connectivity index (χ0) is 26.1. The van der Waals surface area contributed by atoms with Crippen LogP contribution in [0.3, 0.4) is 0 Å². The third-order valence-electron chi connectivity index (χ3n) is 7.99. The van der Waals surface area contributed by atoms with E-state index in [0.717, 1.165) is 67.1 Å². The second kappa shape index (κ2) is 10.6. The number of methoxy groups -OCH3 is 1. The maximum Gasteiger partial charge on any atom is 0.169 e. The van der Waals surface area contributed by atoms with Crippen molar-refractivity contribution in [1.82, 2.24) is 29.5 Å². The van der Waals surface area contributed by atoms with Gasteiger partial charge in [0.25, 0.3) is 0 Å². The van der Waals surface area contributed by atoms with Crippen LogP contribution in [0.1, 0.15) is 31.7 Å². The van der Waals surface area contributed by atoms with Gasteiger partial charge in [-0.3, -0.25) is 4.90 Å². The third-order valence-corrected chi connectivity index (χ3v) is 7.99. The predicted molar refractivity (Wildman–Crippen MR) is 149 cm³/mol. The van der Waals surface area contributed by atoms with Crippen LogP contribution in [-0.4, -0.2) is 75.9 Å². The van der Waals surface area contributed by atoms with Crippen LogP contribution in [-0.2, 0) is 0 Å². The average Bonchev–Trinajstić information content (AvgIpc) is 3.35. The number of benzene rings is 2. The number of anilines is 1. The van der Waals surface area contributed by atoms with Crippen LogP contribution in [0, 0.1) is 0 Å². The Bertz CT molecular complexity index is 1390. The lowest BCUT2D eigenvalue weighted by atomic mass is 9.90. The molecule has 1 aliphatic heterocycles. The van der Waals surface area contributed by atoms with Crippen LogP contribution in [0.5, 0.6) is 17.2 Å². The van der Waals surface area contributed by atoms with Crippen molar-refractivity contribution >= 4 is 16.9 Å². The SMILES string of the molecule is COc1cc(-c2nn(C3CCC(N4CCN(C)CC4)CC3)c3ncnc(N)c23)ccc1Oc1ccccc1. The summed E-state index contributed by atoms with van der Waals surface area (Å²) in [6.07, 6.45) is 6.03. The van der Waals surface area contributed by atoms with Gasteiger partial charge in [0.05, 0.1) is 18.5 Å². The van der Waals surface area contributed by atoms with Crippen molar-refractivity contribution in [3.63, 3.8) is 0 Å². The minimum Gasteiger partial charge on any atom is -0.493 e. The van der Waals surface area contributed by atoms with Crippen molar-refractivity contribution in [2.24, 2.45) is 0 Å². The second-order valence-electron chi connectivity index (χ2n) is 10.3. The molecule has 198 valence electrons. The zero-order valence-corrected chi connectivity index (χ0v) is 22.1. The summed E-state index contributed by atoms with van der Waals surface area (Å²) in [5, 5.41) is 5.88. The van der Waals surface area contributed by atoms with Gasteiger partial charge >= 0.3 is 0 Å². The van der Waals surface area contributed by atoms with Crippen molar-refractivity contribution in [1.29, 1.82) is 0 Å². The van der Waals surface area contributed by atoms with Gasteiger partial charge < -0.3 is 20.1 Å². The van der Waals surface area contributed by atoms with E-state index < -0.39 is 0 Å². The molecule has 2 aromatic carbocycles. The molecule has 0 spiro atoms. The smallest absolute Gasteiger partial charge is 0.169 e. The van der Waals surface area contributed by atoms with Gasteiger partial charge in [0.1, 0.15) is 23.6 Å². The van der Waals surface area contributed by atoms with Crippen LogP contribution < -0.4 is 15.2 Å². The maximum absolute atomic E-state index is 6.40. The predicted octanol–water partition coefficient (Wildman–Crippen LogP) is 4.61. The summed E-state index contributed by atoms with van der Waals surface area (Å²) in [7, 11) is 3.85. The summed E-state index contributed by atoms with van der Waals surface area (Å²) in [5.41, 5.74) is 8.85.